The first-order valence-corrected chi connectivity index (χ1v) is 4.37. The molecule has 0 N–H and O–H groups in total. The van der Waals surface area contributed by atoms with E-state index in [9.17, 15) is 4.79 Å². The third-order valence-electron chi connectivity index (χ3n) is 2.47. The molecule has 2 aromatic rings. The molecule has 1 aliphatic heterocycles. The van der Waals surface area contributed by atoms with Crippen LogP contribution in [0.2, 0.25) is 0 Å². The van der Waals surface area contributed by atoms with Crippen molar-refractivity contribution in [2.24, 2.45) is 0 Å². The highest BCUT2D eigenvalue weighted by Crippen LogP contribution is 2.31. The summed E-state index contributed by atoms with van der Waals surface area (Å²) in [5.41, 5.74) is 3.53. The smallest absolute Gasteiger partial charge is 0.172 e. The maximum absolute atomic E-state index is 10.7. The number of rotatable bonds is 1. The van der Waals surface area contributed by atoms with Crippen molar-refractivity contribution in [3.8, 4) is 11.3 Å². The van der Waals surface area contributed by atoms with E-state index >= 15 is 0 Å². The van der Waals surface area contributed by atoms with Crippen LogP contribution >= 0.6 is 0 Å². The molecule has 0 fully saturated rings. The molecular formula is C10H7N3O. The van der Waals surface area contributed by atoms with Crippen molar-refractivity contribution in [3.05, 3.63) is 35.5 Å². The minimum atomic E-state index is 0.426. The zero-order valence-electron chi connectivity index (χ0n) is 7.34. The Labute approximate surface area is 80.2 Å². The number of benzene rings is 1. The molecule has 4 nitrogen and oxygen atoms in total. The second-order valence-corrected chi connectivity index (χ2v) is 3.26. The molecule has 1 aromatic heterocycles. The van der Waals surface area contributed by atoms with Gasteiger partial charge in [0, 0.05) is 5.56 Å². The lowest BCUT2D eigenvalue weighted by atomic mass is 10.1. The fraction of sp³-hybridized carbons (Fsp3) is 0.100. The standard InChI is InChI=1S/C10H7N3O/c14-6-9-10-8-4-2-1-3-7(8)5-13(10)12-11-9/h1-4,6H,5H2. The largest absolute Gasteiger partial charge is 0.296 e. The normalized spacial score (nSPS) is 12.3. The van der Waals surface area contributed by atoms with Gasteiger partial charge in [0.05, 0.1) is 6.54 Å². The molecule has 0 spiro atoms. The van der Waals surface area contributed by atoms with E-state index in [2.05, 4.69) is 10.3 Å². The first-order valence-electron chi connectivity index (χ1n) is 4.37. The van der Waals surface area contributed by atoms with E-state index in [4.69, 9.17) is 0 Å². The van der Waals surface area contributed by atoms with Crippen LogP contribution < -0.4 is 0 Å². The van der Waals surface area contributed by atoms with E-state index in [1.165, 1.54) is 5.56 Å². The molecule has 3 rings (SSSR count). The Morgan fingerprint density at radius 3 is 3.07 bits per heavy atom. The summed E-state index contributed by atoms with van der Waals surface area (Å²) < 4.78 is 1.76. The molecule has 68 valence electrons. The second kappa shape index (κ2) is 2.51. The van der Waals surface area contributed by atoms with Crippen molar-refractivity contribution >= 4 is 6.29 Å². The maximum Gasteiger partial charge on any atom is 0.172 e. The van der Waals surface area contributed by atoms with Crippen LogP contribution in [-0.4, -0.2) is 21.3 Å². The maximum atomic E-state index is 10.7. The number of aldehydes is 1. The van der Waals surface area contributed by atoms with Gasteiger partial charge in [-0.05, 0) is 5.56 Å². The van der Waals surface area contributed by atoms with Crippen LogP contribution in [0.3, 0.4) is 0 Å². The lowest BCUT2D eigenvalue weighted by molar-refractivity contribution is 0.111. The molecule has 0 saturated heterocycles. The molecule has 0 amide bonds. The van der Waals surface area contributed by atoms with E-state index in [1.54, 1.807) is 4.68 Å². The first kappa shape index (κ1) is 7.44. The molecule has 0 saturated carbocycles. The van der Waals surface area contributed by atoms with Crippen molar-refractivity contribution in [3.63, 3.8) is 0 Å². The first-order chi connectivity index (χ1) is 6.90. The minimum absolute atomic E-state index is 0.426. The Balaban J connectivity index is 2.32. The number of carbonyl (C=O) groups is 1. The number of nitrogens with zero attached hydrogens (tertiary/aromatic N) is 3. The molecular weight excluding hydrogens is 178 g/mol. The molecule has 0 unspecified atom stereocenters. The van der Waals surface area contributed by atoms with Gasteiger partial charge in [0.25, 0.3) is 0 Å². The van der Waals surface area contributed by atoms with Crippen LogP contribution in [0.4, 0.5) is 0 Å². The van der Waals surface area contributed by atoms with Gasteiger partial charge in [0.2, 0.25) is 0 Å². The molecule has 0 radical (unpaired) electrons. The van der Waals surface area contributed by atoms with Gasteiger partial charge in [0.15, 0.2) is 12.0 Å². The molecule has 0 atom stereocenters. The lowest BCUT2D eigenvalue weighted by Crippen LogP contribution is -1.94. The highest BCUT2D eigenvalue weighted by molar-refractivity contribution is 5.85. The fourth-order valence-corrected chi connectivity index (χ4v) is 1.84. The second-order valence-electron chi connectivity index (χ2n) is 3.26. The van der Waals surface area contributed by atoms with Crippen LogP contribution in [0.5, 0.6) is 0 Å². The van der Waals surface area contributed by atoms with Gasteiger partial charge in [-0.3, -0.25) is 4.79 Å². The van der Waals surface area contributed by atoms with Crippen molar-refractivity contribution < 1.29 is 4.79 Å². The molecule has 1 aliphatic rings. The van der Waals surface area contributed by atoms with Crippen LogP contribution in [0.15, 0.2) is 24.3 Å². The average molecular weight is 185 g/mol. The fourth-order valence-electron chi connectivity index (χ4n) is 1.84. The van der Waals surface area contributed by atoms with E-state index < -0.39 is 0 Å². The summed E-state index contributed by atoms with van der Waals surface area (Å²) in [6, 6.07) is 7.97. The van der Waals surface area contributed by atoms with Crippen molar-refractivity contribution in [1.82, 2.24) is 15.0 Å². The predicted molar refractivity (Wildman–Crippen MR) is 49.9 cm³/mol. The van der Waals surface area contributed by atoms with Crippen molar-refractivity contribution in [2.45, 2.75) is 6.54 Å². The number of hydrogen-bond acceptors (Lipinski definition) is 3. The third kappa shape index (κ3) is 0.797. The van der Waals surface area contributed by atoms with E-state index in [-0.39, 0.29) is 0 Å². The highest BCUT2D eigenvalue weighted by Gasteiger charge is 2.23. The van der Waals surface area contributed by atoms with E-state index in [0.717, 1.165) is 17.5 Å². The monoisotopic (exact) mass is 185 g/mol. The summed E-state index contributed by atoms with van der Waals surface area (Å²) in [5.74, 6) is 0. The average Bonchev–Trinajstić information content (AvgIpc) is 2.75. The third-order valence-corrected chi connectivity index (χ3v) is 2.47. The Morgan fingerprint density at radius 2 is 2.21 bits per heavy atom. The summed E-state index contributed by atoms with van der Waals surface area (Å²) in [6.07, 6.45) is 0.751. The molecule has 1 aromatic carbocycles. The topological polar surface area (TPSA) is 47.8 Å². The van der Waals surface area contributed by atoms with Crippen LogP contribution in [0.25, 0.3) is 11.3 Å². The Morgan fingerprint density at radius 1 is 1.36 bits per heavy atom. The molecule has 4 heteroatoms. The summed E-state index contributed by atoms with van der Waals surface area (Å²) in [4.78, 5) is 10.7. The lowest BCUT2D eigenvalue weighted by Gasteiger charge is -1.95. The van der Waals surface area contributed by atoms with Gasteiger partial charge in [-0.15, -0.1) is 5.10 Å². The summed E-state index contributed by atoms with van der Waals surface area (Å²) in [7, 11) is 0. The van der Waals surface area contributed by atoms with E-state index in [1.807, 2.05) is 24.3 Å². The molecule has 0 aliphatic carbocycles. The zero-order valence-corrected chi connectivity index (χ0v) is 7.34. The number of hydrogen-bond donors (Lipinski definition) is 0. The molecule has 0 bridgehead atoms. The van der Waals surface area contributed by atoms with Gasteiger partial charge < -0.3 is 0 Å². The zero-order chi connectivity index (χ0) is 9.54. The van der Waals surface area contributed by atoms with E-state index in [0.29, 0.717) is 12.2 Å². The van der Waals surface area contributed by atoms with Gasteiger partial charge >= 0.3 is 0 Å². The Kier molecular flexibility index (Phi) is 1.33. The summed E-state index contributed by atoms with van der Waals surface area (Å²) in [5, 5.41) is 7.72. The minimum Gasteiger partial charge on any atom is -0.296 e. The van der Waals surface area contributed by atoms with Gasteiger partial charge in [-0.25, -0.2) is 4.68 Å². The summed E-state index contributed by atoms with van der Waals surface area (Å²) >= 11 is 0. The predicted octanol–water partition coefficient (Wildman–Crippen LogP) is 1.12. The Bertz CT molecular complexity index is 516. The quantitative estimate of drug-likeness (QED) is 0.534. The Hall–Kier alpha value is -1.97. The number of fused-ring (bicyclic) bond motifs is 3. The number of aromatic nitrogens is 3. The molecule has 2 heterocycles. The number of carbonyl (C=O) groups excluding carboxylic acids is 1. The molecule has 14 heavy (non-hydrogen) atoms. The summed E-state index contributed by atoms with van der Waals surface area (Å²) in [6.45, 7) is 0.715. The van der Waals surface area contributed by atoms with Crippen molar-refractivity contribution in [2.75, 3.05) is 0 Å². The highest BCUT2D eigenvalue weighted by atomic mass is 16.1. The van der Waals surface area contributed by atoms with Gasteiger partial charge in [-0.2, -0.15) is 0 Å². The van der Waals surface area contributed by atoms with Crippen LogP contribution in [0.1, 0.15) is 16.1 Å². The van der Waals surface area contributed by atoms with Gasteiger partial charge in [0.1, 0.15) is 5.69 Å². The SMILES string of the molecule is O=Cc1nnn2c1-c1ccccc1C2. The van der Waals surface area contributed by atoms with Crippen LogP contribution in [0, 0.1) is 0 Å². The van der Waals surface area contributed by atoms with Crippen molar-refractivity contribution in [1.29, 1.82) is 0 Å². The van der Waals surface area contributed by atoms with Crippen LogP contribution in [-0.2, 0) is 6.54 Å². The van der Waals surface area contributed by atoms with Gasteiger partial charge in [-0.1, -0.05) is 29.5 Å².